The van der Waals surface area contributed by atoms with Gasteiger partial charge in [0, 0.05) is 50.2 Å². The molecule has 0 bridgehead atoms. The van der Waals surface area contributed by atoms with E-state index in [0.29, 0.717) is 31.7 Å². The Morgan fingerprint density at radius 1 is 1.12 bits per heavy atom. The predicted octanol–water partition coefficient (Wildman–Crippen LogP) is 3.29. The number of pyridine rings is 1. The van der Waals surface area contributed by atoms with Gasteiger partial charge >= 0.3 is 0 Å². The van der Waals surface area contributed by atoms with Crippen molar-refractivity contribution >= 4 is 45.2 Å². The molecule has 2 amide bonds. The number of carbonyl (C=O) groups is 2. The van der Waals surface area contributed by atoms with Crippen LogP contribution in [0.2, 0.25) is 0 Å². The summed E-state index contributed by atoms with van der Waals surface area (Å²) in [5.41, 5.74) is 1.65. The van der Waals surface area contributed by atoms with Gasteiger partial charge in [0.1, 0.15) is 0 Å². The maximum Gasteiger partial charge on any atom is 0.254 e. The molecule has 0 saturated carbocycles. The van der Waals surface area contributed by atoms with Gasteiger partial charge in [-0.2, -0.15) is 0 Å². The number of amides is 2. The largest absolute Gasteiger partial charge is 0.337 e. The van der Waals surface area contributed by atoms with Gasteiger partial charge in [-0.1, -0.05) is 0 Å². The maximum atomic E-state index is 12.5. The normalized spacial score (nSPS) is 15.4. The van der Waals surface area contributed by atoms with E-state index in [0.717, 1.165) is 15.8 Å². The lowest BCUT2D eigenvalue weighted by Gasteiger charge is -2.21. The molecular weight excluding hydrogens is 402 g/mol. The second kappa shape index (κ2) is 8.40. The number of carbonyl (C=O) groups excluding carboxylic acids is 2. The molecule has 5 nitrogen and oxygen atoms in total. The Hall–Kier alpha value is -1.99. The first-order valence-electron chi connectivity index (χ1n) is 8.04. The molecule has 2 aromatic heterocycles. The van der Waals surface area contributed by atoms with Crippen LogP contribution in [-0.4, -0.2) is 52.8 Å². The molecule has 1 aliphatic heterocycles. The van der Waals surface area contributed by atoms with Gasteiger partial charge in [0.15, 0.2) is 0 Å². The number of nitrogens with zero attached hydrogens (tertiary/aromatic N) is 3. The van der Waals surface area contributed by atoms with Crippen LogP contribution < -0.4 is 0 Å². The third-order valence-corrected chi connectivity index (χ3v) is 5.55. The average molecular weight is 420 g/mol. The second-order valence-corrected chi connectivity index (χ2v) is 8.01. The summed E-state index contributed by atoms with van der Waals surface area (Å²) in [5.74, 6) is -0.0177. The minimum Gasteiger partial charge on any atom is -0.337 e. The summed E-state index contributed by atoms with van der Waals surface area (Å²) < 4.78 is 1.04. The highest BCUT2D eigenvalue weighted by atomic mass is 79.9. The van der Waals surface area contributed by atoms with E-state index in [1.165, 1.54) is 0 Å². The average Bonchev–Trinajstić information content (AvgIpc) is 2.90. The number of hydrogen-bond acceptors (Lipinski definition) is 4. The first-order chi connectivity index (χ1) is 12.1. The van der Waals surface area contributed by atoms with Crippen LogP contribution in [0.5, 0.6) is 0 Å². The van der Waals surface area contributed by atoms with Crippen LogP contribution in [0.4, 0.5) is 0 Å². The van der Waals surface area contributed by atoms with Gasteiger partial charge in [0.05, 0.1) is 3.79 Å². The highest BCUT2D eigenvalue weighted by Gasteiger charge is 2.21. The van der Waals surface area contributed by atoms with Gasteiger partial charge < -0.3 is 9.80 Å². The van der Waals surface area contributed by atoms with Crippen molar-refractivity contribution in [2.45, 2.75) is 6.42 Å². The first-order valence-corrected chi connectivity index (χ1v) is 9.71. The SMILES string of the molecule is O=C(C=Cc1csc(Br)c1)N1CCCN(C(=O)c2ccncc2)CC1. The van der Waals surface area contributed by atoms with E-state index in [9.17, 15) is 9.59 Å². The molecule has 0 N–H and O–H groups in total. The summed E-state index contributed by atoms with van der Waals surface area (Å²) in [6.07, 6.45) is 7.45. The molecule has 0 aromatic carbocycles. The summed E-state index contributed by atoms with van der Waals surface area (Å²) in [7, 11) is 0. The van der Waals surface area contributed by atoms with E-state index in [1.54, 1.807) is 46.8 Å². The zero-order valence-corrected chi connectivity index (χ0v) is 16.0. The zero-order valence-electron chi connectivity index (χ0n) is 13.6. The first kappa shape index (κ1) is 17.8. The van der Waals surface area contributed by atoms with E-state index >= 15 is 0 Å². The molecule has 1 aliphatic rings. The standard InChI is InChI=1S/C18H18BrN3O2S/c19-16-12-14(13-25-16)2-3-17(23)21-8-1-9-22(11-10-21)18(24)15-4-6-20-7-5-15/h2-7,12-13H,1,8-11H2. The quantitative estimate of drug-likeness (QED) is 0.717. The molecule has 25 heavy (non-hydrogen) atoms. The van der Waals surface area contributed by atoms with Crippen LogP contribution in [0.3, 0.4) is 0 Å². The van der Waals surface area contributed by atoms with Crippen molar-refractivity contribution < 1.29 is 9.59 Å². The molecule has 2 aromatic rings. The van der Waals surface area contributed by atoms with E-state index in [-0.39, 0.29) is 11.8 Å². The van der Waals surface area contributed by atoms with Crippen molar-refractivity contribution in [3.8, 4) is 0 Å². The minimum atomic E-state index is -0.0134. The Labute approximate surface area is 159 Å². The number of aromatic nitrogens is 1. The van der Waals surface area contributed by atoms with Crippen molar-refractivity contribution in [1.82, 2.24) is 14.8 Å². The lowest BCUT2D eigenvalue weighted by Crippen LogP contribution is -2.36. The van der Waals surface area contributed by atoms with Crippen LogP contribution in [0, 0.1) is 0 Å². The van der Waals surface area contributed by atoms with Gasteiger partial charge in [-0.05, 0) is 57.6 Å². The fourth-order valence-corrected chi connectivity index (χ4v) is 3.85. The van der Waals surface area contributed by atoms with Crippen LogP contribution in [0.25, 0.3) is 6.08 Å². The third kappa shape index (κ3) is 4.76. The molecule has 1 saturated heterocycles. The summed E-state index contributed by atoms with van der Waals surface area (Å²) in [5, 5.41) is 1.99. The van der Waals surface area contributed by atoms with Gasteiger partial charge in [-0.25, -0.2) is 0 Å². The van der Waals surface area contributed by atoms with Gasteiger partial charge in [-0.15, -0.1) is 11.3 Å². The highest BCUT2D eigenvalue weighted by molar-refractivity contribution is 9.11. The van der Waals surface area contributed by atoms with E-state index < -0.39 is 0 Å². The predicted molar refractivity (Wildman–Crippen MR) is 102 cm³/mol. The van der Waals surface area contributed by atoms with Crippen molar-refractivity contribution in [1.29, 1.82) is 0 Å². The number of thiophene rings is 1. The monoisotopic (exact) mass is 419 g/mol. The van der Waals surface area contributed by atoms with Gasteiger partial charge in [0.2, 0.25) is 5.91 Å². The number of halogens is 1. The summed E-state index contributed by atoms with van der Waals surface area (Å²) in [6, 6.07) is 5.42. The maximum absolute atomic E-state index is 12.5. The molecule has 0 atom stereocenters. The molecule has 1 fully saturated rings. The van der Waals surface area contributed by atoms with E-state index in [1.807, 2.05) is 22.4 Å². The summed E-state index contributed by atoms with van der Waals surface area (Å²) >= 11 is 5.00. The Bertz CT molecular complexity index is 776. The number of rotatable bonds is 3. The molecule has 0 unspecified atom stereocenters. The Morgan fingerprint density at radius 3 is 2.56 bits per heavy atom. The highest BCUT2D eigenvalue weighted by Crippen LogP contribution is 2.21. The second-order valence-electron chi connectivity index (χ2n) is 5.72. The molecule has 0 aliphatic carbocycles. The summed E-state index contributed by atoms with van der Waals surface area (Å²) in [4.78, 5) is 32.5. The van der Waals surface area contributed by atoms with Crippen LogP contribution >= 0.6 is 27.3 Å². The van der Waals surface area contributed by atoms with Crippen LogP contribution in [0.15, 0.2) is 45.8 Å². The van der Waals surface area contributed by atoms with Crippen molar-refractivity contribution in [2.24, 2.45) is 0 Å². The van der Waals surface area contributed by atoms with Crippen LogP contribution in [-0.2, 0) is 4.79 Å². The van der Waals surface area contributed by atoms with Crippen molar-refractivity contribution in [3.63, 3.8) is 0 Å². The number of hydrogen-bond donors (Lipinski definition) is 0. The molecule has 7 heteroatoms. The molecule has 3 heterocycles. The molecular formula is C18H18BrN3O2S. The Morgan fingerprint density at radius 2 is 1.84 bits per heavy atom. The lowest BCUT2D eigenvalue weighted by molar-refractivity contribution is -0.125. The van der Waals surface area contributed by atoms with Gasteiger partial charge in [0.25, 0.3) is 5.91 Å². The fourth-order valence-electron chi connectivity index (χ4n) is 2.70. The van der Waals surface area contributed by atoms with E-state index in [4.69, 9.17) is 0 Å². The van der Waals surface area contributed by atoms with Crippen molar-refractivity contribution in [3.05, 3.63) is 57.0 Å². The molecule has 0 radical (unpaired) electrons. The fraction of sp³-hybridized carbons (Fsp3) is 0.278. The van der Waals surface area contributed by atoms with Crippen LogP contribution in [0.1, 0.15) is 22.3 Å². The van der Waals surface area contributed by atoms with E-state index in [2.05, 4.69) is 20.9 Å². The minimum absolute atomic E-state index is 0.00429. The third-order valence-electron chi connectivity index (χ3n) is 4.03. The summed E-state index contributed by atoms with van der Waals surface area (Å²) in [6.45, 7) is 2.42. The van der Waals surface area contributed by atoms with Crippen molar-refractivity contribution in [2.75, 3.05) is 26.2 Å². The molecule has 0 spiro atoms. The zero-order chi connectivity index (χ0) is 17.6. The molecule has 130 valence electrons. The smallest absolute Gasteiger partial charge is 0.254 e. The van der Waals surface area contributed by atoms with Gasteiger partial charge in [-0.3, -0.25) is 14.6 Å². The Balaban J connectivity index is 1.58. The topological polar surface area (TPSA) is 53.5 Å². The Kier molecular flexibility index (Phi) is 5.99. The molecule has 3 rings (SSSR count). The lowest BCUT2D eigenvalue weighted by atomic mass is 10.2.